The van der Waals surface area contributed by atoms with E-state index in [0.29, 0.717) is 24.7 Å². The lowest BCUT2D eigenvalue weighted by molar-refractivity contribution is 0.238. The molecule has 0 radical (unpaired) electrons. The summed E-state index contributed by atoms with van der Waals surface area (Å²) in [6, 6.07) is 15.1. The number of benzene rings is 2. The van der Waals surface area contributed by atoms with Gasteiger partial charge in [-0.2, -0.15) is 0 Å². The summed E-state index contributed by atoms with van der Waals surface area (Å²) in [6.45, 7) is 3.59. The molecule has 0 aliphatic carbocycles. The van der Waals surface area contributed by atoms with Gasteiger partial charge >= 0.3 is 6.03 Å². The molecule has 122 valence electrons. The zero-order chi connectivity index (χ0) is 16.5. The van der Waals surface area contributed by atoms with Crippen molar-refractivity contribution in [3.8, 4) is 5.75 Å². The standard InChI is InChI=1S/C18H21ClN2O2/c1-14-6-2-3-9-17(14)23-11-5-10-20-18(22)21-13-15-7-4-8-16(19)12-15/h2-4,6-9,12H,5,10-11,13H2,1H3,(H2,20,21,22). The molecule has 0 saturated heterocycles. The molecule has 2 aromatic carbocycles. The van der Waals surface area contributed by atoms with E-state index in [1.807, 2.05) is 49.4 Å². The molecule has 0 saturated carbocycles. The number of hydrogen-bond acceptors (Lipinski definition) is 2. The Hall–Kier alpha value is -2.20. The highest BCUT2D eigenvalue weighted by Crippen LogP contribution is 2.16. The number of carbonyl (C=O) groups excluding carboxylic acids is 1. The molecule has 0 unspecified atom stereocenters. The van der Waals surface area contributed by atoms with Crippen molar-refractivity contribution in [3.05, 3.63) is 64.7 Å². The highest BCUT2D eigenvalue weighted by Gasteiger charge is 2.01. The normalized spacial score (nSPS) is 10.2. The Labute approximate surface area is 141 Å². The zero-order valence-electron chi connectivity index (χ0n) is 13.1. The minimum absolute atomic E-state index is 0.194. The number of hydrogen-bond donors (Lipinski definition) is 2. The summed E-state index contributed by atoms with van der Waals surface area (Å²) >= 11 is 5.90. The summed E-state index contributed by atoms with van der Waals surface area (Å²) in [5, 5.41) is 6.26. The van der Waals surface area contributed by atoms with Crippen molar-refractivity contribution in [3.63, 3.8) is 0 Å². The maximum Gasteiger partial charge on any atom is 0.315 e. The number of ether oxygens (including phenoxy) is 1. The van der Waals surface area contributed by atoms with Crippen molar-refractivity contribution >= 4 is 17.6 Å². The van der Waals surface area contributed by atoms with Gasteiger partial charge in [-0.3, -0.25) is 0 Å². The minimum atomic E-state index is -0.194. The molecule has 0 aliphatic rings. The van der Waals surface area contributed by atoms with Gasteiger partial charge in [0, 0.05) is 18.1 Å². The fourth-order valence-electron chi connectivity index (χ4n) is 2.07. The van der Waals surface area contributed by atoms with Crippen LogP contribution in [0.25, 0.3) is 0 Å². The lowest BCUT2D eigenvalue weighted by atomic mass is 10.2. The van der Waals surface area contributed by atoms with Gasteiger partial charge in [0.1, 0.15) is 5.75 Å². The second-order valence-electron chi connectivity index (χ2n) is 5.21. The molecule has 2 N–H and O–H groups in total. The summed E-state index contributed by atoms with van der Waals surface area (Å²) in [5.41, 5.74) is 2.08. The molecular formula is C18H21ClN2O2. The third-order valence-electron chi connectivity index (χ3n) is 3.30. The summed E-state index contributed by atoms with van der Waals surface area (Å²) in [5.74, 6) is 0.887. The van der Waals surface area contributed by atoms with E-state index in [1.54, 1.807) is 6.07 Å². The lowest BCUT2D eigenvalue weighted by Crippen LogP contribution is -2.36. The van der Waals surface area contributed by atoms with Crippen molar-refractivity contribution < 1.29 is 9.53 Å². The first-order valence-corrected chi connectivity index (χ1v) is 7.97. The number of aryl methyl sites for hydroxylation is 1. The van der Waals surface area contributed by atoms with Gasteiger partial charge in [-0.05, 0) is 42.7 Å². The van der Waals surface area contributed by atoms with Crippen LogP contribution in [-0.2, 0) is 6.54 Å². The van der Waals surface area contributed by atoms with Crippen molar-refractivity contribution in [2.24, 2.45) is 0 Å². The SMILES string of the molecule is Cc1ccccc1OCCCNC(=O)NCc1cccc(Cl)c1. The number of amides is 2. The molecule has 5 heteroatoms. The fourth-order valence-corrected chi connectivity index (χ4v) is 2.28. The van der Waals surface area contributed by atoms with Crippen LogP contribution >= 0.6 is 11.6 Å². The maximum atomic E-state index is 11.7. The smallest absolute Gasteiger partial charge is 0.315 e. The monoisotopic (exact) mass is 332 g/mol. The first-order chi connectivity index (χ1) is 11.1. The van der Waals surface area contributed by atoms with Crippen LogP contribution in [-0.4, -0.2) is 19.2 Å². The number of rotatable bonds is 7. The van der Waals surface area contributed by atoms with Gasteiger partial charge in [-0.25, -0.2) is 4.79 Å². The molecule has 0 aliphatic heterocycles. The molecular weight excluding hydrogens is 312 g/mol. The number of para-hydroxylation sites is 1. The Morgan fingerprint density at radius 2 is 1.96 bits per heavy atom. The predicted molar refractivity (Wildman–Crippen MR) is 93.0 cm³/mol. The molecule has 0 heterocycles. The van der Waals surface area contributed by atoms with Gasteiger partial charge in [0.15, 0.2) is 0 Å². The van der Waals surface area contributed by atoms with Crippen LogP contribution < -0.4 is 15.4 Å². The van der Waals surface area contributed by atoms with E-state index in [9.17, 15) is 4.79 Å². The highest BCUT2D eigenvalue weighted by atomic mass is 35.5. The van der Waals surface area contributed by atoms with Gasteiger partial charge in [-0.15, -0.1) is 0 Å². The summed E-state index contributed by atoms with van der Waals surface area (Å²) < 4.78 is 5.67. The Kier molecular flexibility index (Phi) is 6.76. The van der Waals surface area contributed by atoms with E-state index in [-0.39, 0.29) is 6.03 Å². The second kappa shape index (κ2) is 9.06. The summed E-state index contributed by atoms with van der Waals surface area (Å²) in [4.78, 5) is 11.7. The third kappa shape index (κ3) is 6.20. The van der Waals surface area contributed by atoms with E-state index in [1.165, 1.54) is 0 Å². The minimum Gasteiger partial charge on any atom is -0.493 e. The molecule has 23 heavy (non-hydrogen) atoms. The molecule has 2 aromatic rings. The van der Waals surface area contributed by atoms with E-state index in [0.717, 1.165) is 23.3 Å². The van der Waals surface area contributed by atoms with Crippen LogP contribution in [0.1, 0.15) is 17.5 Å². The summed E-state index contributed by atoms with van der Waals surface area (Å²) in [6.07, 6.45) is 0.749. The van der Waals surface area contributed by atoms with Crippen molar-refractivity contribution in [2.45, 2.75) is 19.9 Å². The van der Waals surface area contributed by atoms with Gasteiger partial charge in [-0.1, -0.05) is 41.9 Å². The van der Waals surface area contributed by atoms with Crippen LogP contribution in [0.3, 0.4) is 0 Å². The zero-order valence-corrected chi connectivity index (χ0v) is 13.9. The Bertz CT molecular complexity index is 646. The van der Waals surface area contributed by atoms with Gasteiger partial charge in [0.05, 0.1) is 6.61 Å². The molecule has 0 aromatic heterocycles. The van der Waals surface area contributed by atoms with Crippen molar-refractivity contribution in [1.29, 1.82) is 0 Å². The van der Waals surface area contributed by atoms with Gasteiger partial charge < -0.3 is 15.4 Å². The van der Waals surface area contributed by atoms with E-state index in [4.69, 9.17) is 16.3 Å². The van der Waals surface area contributed by atoms with E-state index in [2.05, 4.69) is 10.6 Å². The fraction of sp³-hybridized carbons (Fsp3) is 0.278. The van der Waals surface area contributed by atoms with Crippen LogP contribution in [0.4, 0.5) is 4.79 Å². The molecule has 0 atom stereocenters. The number of nitrogens with one attached hydrogen (secondary N) is 2. The number of carbonyl (C=O) groups is 1. The van der Waals surface area contributed by atoms with Gasteiger partial charge in [0.25, 0.3) is 0 Å². The molecule has 4 nitrogen and oxygen atoms in total. The third-order valence-corrected chi connectivity index (χ3v) is 3.54. The summed E-state index contributed by atoms with van der Waals surface area (Å²) in [7, 11) is 0. The van der Waals surface area contributed by atoms with Gasteiger partial charge in [0.2, 0.25) is 0 Å². The molecule has 0 bridgehead atoms. The Balaban J connectivity index is 1.59. The number of urea groups is 1. The van der Waals surface area contributed by atoms with Crippen molar-refractivity contribution in [1.82, 2.24) is 10.6 Å². The highest BCUT2D eigenvalue weighted by molar-refractivity contribution is 6.30. The molecule has 2 rings (SSSR count). The quantitative estimate of drug-likeness (QED) is 0.755. The van der Waals surface area contributed by atoms with Crippen LogP contribution in [0.5, 0.6) is 5.75 Å². The molecule has 2 amide bonds. The average molecular weight is 333 g/mol. The Morgan fingerprint density at radius 1 is 1.13 bits per heavy atom. The molecule has 0 spiro atoms. The van der Waals surface area contributed by atoms with Crippen molar-refractivity contribution in [2.75, 3.05) is 13.2 Å². The predicted octanol–water partition coefficient (Wildman–Crippen LogP) is 3.92. The van der Waals surface area contributed by atoms with E-state index >= 15 is 0 Å². The first-order valence-electron chi connectivity index (χ1n) is 7.60. The largest absolute Gasteiger partial charge is 0.493 e. The topological polar surface area (TPSA) is 50.4 Å². The number of halogens is 1. The van der Waals surface area contributed by atoms with E-state index < -0.39 is 0 Å². The van der Waals surface area contributed by atoms with Crippen LogP contribution in [0.15, 0.2) is 48.5 Å². The first kappa shape index (κ1) is 17.2. The maximum absolute atomic E-state index is 11.7. The van der Waals surface area contributed by atoms with Crippen LogP contribution in [0, 0.1) is 6.92 Å². The lowest BCUT2D eigenvalue weighted by Gasteiger charge is -2.10. The van der Waals surface area contributed by atoms with Crippen LogP contribution in [0.2, 0.25) is 5.02 Å². The molecule has 0 fully saturated rings. The average Bonchev–Trinajstić information content (AvgIpc) is 2.54. The Morgan fingerprint density at radius 3 is 2.74 bits per heavy atom. The second-order valence-corrected chi connectivity index (χ2v) is 5.64.